The average molecular weight is 284 g/mol. The highest BCUT2D eigenvalue weighted by molar-refractivity contribution is 7.91. The van der Waals surface area contributed by atoms with Gasteiger partial charge in [-0.05, 0) is 42.5 Å². The van der Waals surface area contributed by atoms with Crippen LogP contribution in [0.25, 0.3) is 0 Å². The number of benzene rings is 1. The molecule has 1 N–H and O–H groups in total. The predicted octanol–water partition coefficient (Wildman–Crippen LogP) is 1.87. The van der Waals surface area contributed by atoms with Crippen molar-refractivity contribution in [2.45, 2.75) is 32.3 Å². The maximum Gasteiger partial charge on any atom is 0.150 e. The molecule has 19 heavy (non-hydrogen) atoms. The van der Waals surface area contributed by atoms with Crippen LogP contribution < -0.4 is 4.74 Å². The summed E-state index contributed by atoms with van der Waals surface area (Å²) in [5, 5.41) is 9.70. The Morgan fingerprint density at radius 2 is 2.21 bits per heavy atom. The molecule has 0 amide bonds. The van der Waals surface area contributed by atoms with E-state index in [-0.39, 0.29) is 17.6 Å². The first-order chi connectivity index (χ1) is 9.02. The number of hydrogen-bond acceptors (Lipinski definition) is 4. The van der Waals surface area contributed by atoms with E-state index in [0.717, 1.165) is 29.7 Å². The number of aliphatic hydroxyl groups excluding tert-OH is 1. The Bertz CT molecular complexity index is 536. The highest BCUT2D eigenvalue weighted by Gasteiger charge is 2.20. The smallest absolute Gasteiger partial charge is 0.150 e. The van der Waals surface area contributed by atoms with E-state index < -0.39 is 9.84 Å². The molecular formula is C14H20O4S. The molecule has 0 heterocycles. The molecule has 0 fully saturated rings. The largest absolute Gasteiger partial charge is 0.494 e. The number of aliphatic hydroxyl groups is 1. The second kappa shape index (κ2) is 5.92. The van der Waals surface area contributed by atoms with Crippen LogP contribution >= 0.6 is 0 Å². The normalized spacial score (nSPS) is 18.3. The fraction of sp³-hybridized carbons (Fsp3) is 0.571. The molecule has 0 aromatic heterocycles. The van der Waals surface area contributed by atoms with Crippen molar-refractivity contribution in [1.29, 1.82) is 0 Å². The molecule has 4 nitrogen and oxygen atoms in total. The van der Waals surface area contributed by atoms with E-state index in [0.29, 0.717) is 13.0 Å². The topological polar surface area (TPSA) is 63.6 Å². The van der Waals surface area contributed by atoms with Crippen molar-refractivity contribution in [3.8, 4) is 5.75 Å². The van der Waals surface area contributed by atoms with E-state index >= 15 is 0 Å². The molecule has 0 bridgehead atoms. The maximum absolute atomic E-state index is 11.3. The van der Waals surface area contributed by atoms with E-state index in [9.17, 15) is 13.5 Å². The van der Waals surface area contributed by atoms with Gasteiger partial charge in [-0.2, -0.15) is 0 Å². The summed E-state index contributed by atoms with van der Waals surface area (Å²) in [7, 11) is -2.90. The third-order valence-corrected chi connectivity index (χ3v) is 5.26. The molecule has 2 rings (SSSR count). The van der Waals surface area contributed by atoms with Crippen molar-refractivity contribution < 1.29 is 18.3 Å². The fourth-order valence-electron chi connectivity index (χ4n) is 2.27. The van der Waals surface area contributed by atoms with E-state index in [1.54, 1.807) is 6.92 Å². The number of hydrogen-bond donors (Lipinski definition) is 1. The zero-order chi connectivity index (χ0) is 13.9. The summed E-state index contributed by atoms with van der Waals surface area (Å²) in [4.78, 5) is 0. The summed E-state index contributed by atoms with van der Waals surface area (Å²) in [6, 6.07) is 5.67. The second-order valence-corrected chi connectivity index (χ2v) is 7.33. The van der Waals surface area contributed by atoms with Crippen LogP contribution in [0.2, 0.25) is 0 Å². The van der Waals surface area contributed by atoms with Gasteiger partial charge in [0, 0.05) is 5.75 Å². The van der Waals surface area contributed by atoms with Crippen LogP contribution in [0.15, 0.2) is 18.2 Å². The van der Waals surface area contributed by atoms with Crippen LogP contribution in [0.5, 0.6) is 5.75 Å². The Morgan fingerprint density at radius 1 is 1.42 bits per heavy atom. The first-order valence-electron chi connectivity index (χ1n) is 6.66. The summed E-state index contributed by atoms with van der Waals surface area (Å²) >= 11 is 0. The molecule has 1 aliphatic carbocycles. The molecule has 0 unspecified atom stereocenters. The van der Waals surface area contributed by atoms with Gasteiger partial charge in [-0.25, -0.2) is 8.42 Å². The van der Waals surface area contributed by atoms with Gasteiger partial charge in [0.25, 0.3) is 0 Å². The molecular weight excluding hydrogens is 264 g/mol. The number of fused-ring (bicyclic) bond motifs is 1. The van der Waals surface area contributed by atoms with Gasteiger partial charge in [-0.1, -0.05) is 13.0 Å². The number of sulfone groups is 1. The third-order valence-electron chi connectivity index (χ3n) is 3.47. The first-order valence-corrected chi connectivity index (χ1v) is 8.48. The van der Waals surface area contributed by atoms with Crippen molar-refractivity contribution in [3.05, 3.63) is 29.3 Å². The average Bonchev–Trinajstić information content (AvgIpc) is 2.76. The Kier molecular flexibility index (Phi) is 4.47. The van der Waals surface area contributed by atoms with Crippen molar-refractivity contribution >= 4 is 9.84 Å². The molecule has 1 atom stereocenters. The Balaban J connectivity index is 1.85. The molecule has 0 aliphatic heterocycles. The molecule has 0 radical (unpaired) electrons. The summed E-state index contributed by atoms with van der Waals surface area (Å²) in [5.41, 5.74) is 2.12. The van der Waals surface area contributed by atoms with Gasteiger partial charge in [0.2, 0.25) is 0 Å². The Morgan fingerprint density at radius 3 is 2.95 bits per heavy atom. The summed E-state index contributed by atoms with van der Waals surface area (Å²) < 4.78 is 28.2. The molecule has 0 saturated carbocycles. The van der Waals surface area contributed by atoms with E-state index in [2.05, 4.69) is 0 Å². The second-order valence-electron chi connectivity index (χ2n) is 4.85. The maximum atomic E-state index is 11.3. The first kappa shape index (κ1) is 14.3. The van der Waals surface area contributed by atoms with E-state index in [1.807, 2.05) is 18.2 Å². The van der Waals surface area contributed by atoms with Crippen molar-refractivity contribution in [2.75, 3.05) is 18.1 Å². The lowest BCUT2D eigenvalue weighted by Gasteiger charge is -2.09. The monoisotopic (exact) mass is 284 g/mol. The van der Waals surface area contributed by atoms with Gasteiger partial charge in [0.05, 0.1) is 18.5 Å². The molecule has 106 valence electrons. The number of ether oxygens (including phenoxy) is 1. The summed E-state index contributed by atoms with van der Waals surface area (Å²) in [6.07, 6.45) is 1.81. The lowest BCUT2D eigenvalue weighted by atomic mass is 10.1. The molecule has 0 saturated heterocycles. The molecule has 1 aliphatic rings. The van der Waals surface area contributed by atoms with Gasteiger partial charge in [-0.3, -0.25) is 0 Å². The van der Waals surface area contributed by atoms with Crippen LogP contribution in [-0.2, 0) is 16.3 Å². The van der Waals surface area contributed by atoms with Gasteiger partial charge in [-0.15, -0.1) is 0 Å². The number of rotatable bonds is 6. The van der Waals surface area contributed by atoms with Crippen LogP contribution in [0.4, 0.5) is 0 Å². The van der Waals surface area contributed by atoms with Crippen molar-refractivity contribution in [2.24, 2.45) is 0 Å². The standard InChI is InChI=1S/C14H20O4S/c1-2-19(16,17)9-3-8-18-12-5-6-13-11(10-12)4-7-14(13)15/h5-6,10,14-15H,2-4,7-9H2,1H3/t14-/m0/s1. The highest BCUT2D eigenvalue weighted by Crippen LogP contribution is 2.33. The molecule has 5 heteroatoms. The van der Waals surface area contributed by atoms with Gasteiger partial charge < -0.3 is 9.84 Å². The van der Waals surface area contributed by atoms with Gasteiger partial charge in [0.15, 0.2) is 0 Å². The molecule has 1 aromatic rings. The van der Waals surface area contributed by atoms with Crippen molar-refractivity contribution in [1.82, 2.24) is 0 Å². The van der Waals surface area contributed by atoms with Crippen LogP contribution in [-0.4, -0.2) is 31.6 Å². The van der Waals surface area contributed by atoms with Crippen molar-refractivity contribution in [3.63, 3.8) is 0 Å². The zero-order valence-electron chi connectivity index (χ0n) is 11.1. The van der Waals surface area contributed by atoms with Crippen LogP contribution in [0.1, 0.15) is 37.0 Å². The Hall–Kier alpha value is -1.07. The van der Waals surface area contributed by atoms with Crippen LogP contribution in [0, 0.1) is 0 Å². The molecule has 0 spiro atoms. The van der Waals surface area contributed by atoms with E-state index in [4.69, 9.17) is 4.74 Å². The highest BCUT2D eigenvalue weighted by atomic mass is 32.2. The summed E-state index contributed by atoms with van der Waals surface area (Å²) in [5.74, 6) is 1.11. The summed E-state index contributed by atoms with van der Waals surface area (Å²) in [6.45, 7) is 2.06. The fourth-order valence-corrected chi connectivity index (χ4v) is 3.12. The minimum Gasteiger partial charge on any atom is -0.494 e. The van der Waals surface area contributed by atoms with Gasteiger partial charge in [0.1, 0.15) is 15.6 Å². The van der Waals surface area contributed by atoms with Gasteiger partial charge >= 0.3 is 0 Å². The van der Waals surface area contributed by atoms with E-state index in [1.165, 1.54) is 0 Å². The zero-order valence-corrected chi connectivity index (χ0v) is 11.9. The lowest BCUT2D eigenvalue weighted by molar-refractivity contribution is 0.180. The minimum absolute atomic E-state index is 0.174. The molecule has 1 aromatic carbocycles. The minimum atomic E-state index is -2.90. The lowest BCUT2D eigenvalue weighted by Crippen LogP contribution is -2.11. The third kappa shape index (κ3) is 3.70. The SMILES string of the molecule is CCS(=O)(=O)CCCOc1ccc2c(c1)CC[C@@H]2O. The Labute approximate surface area is 114 Å². The quantitative estimate of drug-likeness (QED) is 0.810. The predicted molar refractivity (Wildman–Crippen MR) is 74.2 cm³/mol. The number of aryl methyl sites for hydroxylation is 1. The van der Waals surface area contributed by atoms with Crippen LogP contribution in [0.3, 0.4) is 0 Å².